The van der Waals surface area contributed by atoms with Gasteiger partial charge in [-0.2, -0.15) is 0 Å². The number of carbonyl (C=O) groups is 2. The van der Waals surface area contributed by atoms with Crippen molar-refractivity contribution < 1.29 is 42.1 Å². The van der Waals surface area contributed by atoms with Crippen molar-refractivity contribution in [2.45, 2.75) is 38.6 Å². The number of halogens is 3. The molecule has 1 unspecified atom stereocenters. The van der Waals surface area contributed by atoms with Crippen LogP contribution in [0.2, 0.25) is 0 Å². The van der Waals surface area contributed by atoms with Gasteiger partial charge in [0, 0.05) is 22.9 Å². The number of rotatable bonds is 6. The van der Waals surface area contributed by atoms with Crippen LogP contribution in [-0.2, 0) is 15.0 Å². The summed E-state index contributed by atoms with van der Waals surface area (Å²) in [5.74, 6) is -2.04. The number of ketones is 1. The lowest BCUT2D eigenvalue weighted by atomic mass is 9.84. The highest BCUT2D eigenvalue weighted by atomic mass is 19.4. The first kappa shape index (κ1) is 28.5. The molecular weight excluding hydrogens is 527 g/mol. The van der Waals surface area contributed by atoms with Crippen LogP contribution in [-0.4, -0.2) is 37.4 Å². The van der Waals surface area contributed by atoms with E-state index in [9.17, 15) is 27.9 Å². The van der Waals surface area contributed by atoms with E-state index in [1.165, 1.54) is 26.4 Å². The summed E-state index contributed by atoms with van der Waals surface area (Å²) < 4.78 is 53.6. The molecule has 1 amide bonds. The molecule has 7 nitrogen and oxygen atoms in total. The van der Waals surface area contributed by atoms with Crippen molar-refractivity contribution in [3.8, 4) is 17.2 Å². The van der Waals surface area contributed by atoms with Gasteiger partial charge in [-0.1, -0.05) is 39.0 Å². The third kappa shape index (κ3) is 5.61. The molecule has 10 heteroatoms. The van der Waals surface area contributed by atoms with Gasteiger partial charge in [0.25, 0.3) is 11.7 Å². The van der Waals surface area contributed by atoms with E-state index in [1.807, 2.05) is 20.8 Å². The predicted molar refractivity (Wildman–Crippen MR) is 143 cm³/mol. The number of amides is 1. The molecule has 40 heavy (non-hydrogen) atoms. The number of ether oxygens (including phenoxy) is 3. The zero-order chi connectivity index (χ0) is 29.4. The molecule has 0 saturated carbocycles. The molecular formula is C30H28F3NO6. The van der Waals surface area contributed by atoms with Crippen molar-refractivity contribution in [2.75, 3.05) is 19.1 Å². The topological polar surface area (TPSA) is 85.3 Å². The minimum absolute atomic E-state index is 0.0270. The first-order valence-electron chi connectivity index (χ1n) is 12.2. The molecule has 0 radical (unpaired) electrons. The van der Waals surface area contributed by atoms with Crippen molar-refractivity contribution in [3.05, 3.63) is 89.0 Å². The Morgan fingerprint density at radius 2 is 1.55 bits per heavy atom. The lowest BCUT2D eigenvalue weighted by Gasteiger charge is -2.26. The molecule has 4 rings (SSSR count). The van der Waals surface area contributed by atoms with Crippen LogP contribution in [0.3, 0.4) is 0 Å². The molecule has 210 valence electrons. The fourth-order valence-electron chi connectivity index (χ4n) is 4.65. The average Bonchev–Trinajstić information content (AvgIpc) is 3.16. The molecule has 3 aromatic carbocycles. The van der Waals surface area contributed by atoms with Crippen LogP contribution >= 0.6 is 0 Å². The monoisotopic (exact) mass is 555 g/mol. The number of carbonyl (C=O) groups excluding carboxylic acids is 2. The SMILES string of the molecule is COc1cccc(C2/C(=C(/O)c3ccc(OC)c(C(C)(C)C)c3)C(=O)C(=O)N2c2cccc(OC(F)(F)F)c2)c1. The molecule has 1 saturated heterocycles. The molecule has 1 aliphatic heterocycles. The molecule has 1 atom stereocenters. The number of alkyl halides is 3. The van der Waals surface area contributed by atoms with Crippen molar-refractivity contribution in [3.63, 3.8) is 0 Å². The summed E-state index contributed by atoms with van der Waals surface area (Å²) in [6.45, 7) is 5.87. The molecule has 0 aromatic heterocycles. The second-order valence-corrected chi connectivity index (χ2v) is 10.2. The molecule has 0 bridgehead atoms. The smallest absolute Gasteiger partial charge is 0.507 e. The van der Waals surface area contributed by atoms with Gasteiger partial charge >= 0.3 is 6.36 Å². The summed E-state index contributed by atoms with van der Waals surface area (Å²) in [4.78, 5) is 28.0. The quantitative estimate of drug-likeness (QED) is 0.212. The minimum Gasteiger partial charge on any atom is -0.507 e. The zero-order valence-electron chi connectivity index (χ0n) is 22.5. The highest BCUT2D eigenvalue weighted by Gasteiger charge is 2.47. The summed E-state index contributed by atoms with van der Waals surface area (Å²) in [6.07, 6.45) is -4.96. The molecule has 3 aromatic rings. The lowest BCUT2D eigenvalue weighted by molar-refractivity contribution is -0.274. The van der Waals surface area contributed by atoms with Gasteiger partial charge < -0.3 is 19.3 Å². The third-order valence-electron chi connectivity index (χ3n) is 6.46. The third-order valence-corrected chi connectivity index (χ3v) is 6.46. The van der Waals surface area contributed by atoms with Crippen LogP contribution in [0.15, 0.2) is 72.3 Å². The van der Waals surface area contributed by atoms with Gasteiger partial charge in [0.2, 0.25) is 0 Å². The summed E-state index contributed by atoms with van der Waals surface area (Å²) >= 11 is 0. The maximum absolute atomic E-state index is 13.5. The van der Waals surface area contributed by atoms with Crippen LogP contribution in [0.25, 0.3) is 5.76 Å². The Kier molecular flexibility index (Phi) is 7.56. The van der Waals surface area contributed by atoms with E-state index in [0.29, 0.717) is 17.1 Å². The number of benzene rings is 3. The number of aliphatic hydroxyl groups excluding tert-OH is 1. The Morgan fingerprint density at radius 1 is 0.875 bits per heavy atom. The summed E-state index contributed by atoms with van der Waals surface area (Å²) in [6, 6.07) is 15.0. The van der Waals surface area contributed by atoms with Gasteiger partial charge in [0.05, 0.1) is 25.8 Å². The second-order valence-electron chi connectivity index (χ2n) is 10.2. The van der Waals surface area contributed by atoms with E-state index in [-0.39, 0.29) is 22.2 Å². The number of hydrogen-bond acceptors (Lipinski definition) is 6. The first-order valence-corrected chi connectivity index (χ1v) is 12.2. The number of methoxy groups -OCH3 is 2. The largest absolute Gasteiger partial charge is 0.573 e. The molecule has 1 heterocycles. The van der Waals surface area contributed by atoms with E-state index in [0.717, 1.165) is 22.6 Å². The molecule has 1 aliphatic rings. The summed E-state index contributed by atoms with van der Waals surface area (Å²) in [5, 5.41) is 11.5. The van der Waals surface area contributed by atoms with Gasteiger partial charge in [0.1, 0.15) is 23.0 Å². The summed E-state index contributed by atoms with van der Waals surface area (Å²) in [5.41, 5.74) is 0.769. The normalized spacial score (nSPS) is 17.2. The van der Waals surface area contributed by atoms with Crippen LogP contribution in [0.1, 0.15) is 43.5 Å². The van der Waals surface area contributed by atoms with Gasteiger partial charge in [-0.3, -0.25) is 14.5 Å². The average molecular weight is 556 g/mol. The van der Waals surface area contributed by atoms with E-state index in [2.05, 4.69) is 4.74 Å². The Balaban J connectivity index is 1.95. The van der Waals surface area contributed by atoms with Gasteiger partial charge in [-0.15, -0.1) is 13.2 Å². The highest BCUT2D eigenvalue weighted by molar-refractivity contribution is 6.51. The first-order chi connectivity index (χ1) is 18.7. The molecule has 0 aliphatic carbocycles. The number of Topliss-reactive ketones (excluding diaryl/α,β-unsaturated/α-hetero) is 1. The standard InChI is InChI=1S/C30H28F3NO6/c1-29(2,3)22-15-18(12-13-23(22)39-5)26(35)24-25(17-8-6-10-20(14-17)38-4)34(28(37)27(24)36)19-9-7-11-21(16-19)40-30(31,32)33/h6-16,25,35H,1-5H3/b26-24-. The van der Waals surface area contributed by atoms with Crippen LogP contribution < -0.4 is 19.1 Å². The Hall–Kier alpha value is -4.47. The van der Waals surface area contributed by atoms with Gasteiger partial charge in [-0.05, 0) is 53.4 Å². The van der Waals surface area contributed by atoms with Crippen molar-refractivity contribution in [2.24, 2.45) is 0 Å². The fourth-order valence-corrected chi connectivity index (χ4v) is 4.65. The predicted octanol–water partition coefficient (Wildman–Crippen LogP) is 6.53. The molecule has 1 N–H and O–H groups in total. The van der Waals surface area contributed by atoms with Gasteiger partial charge in [0.15, 0.2) is 0 Å². The van der Waals surface area contributed by atoms with E-state index < -0.39 is 35.6 Å². The maximum Gasteiger partial charge on any atom is 0.573 e. The van der Waals surface area contributed by atoms with Crippen molar-refractivity contribution >= 4 is 23.1 Å². The Morgan fingerprint density at radius 3 is 2.17 bits per heavy atom. The highest BCUT2D eigenvalue weighted by Crippen LogP contribution is 2.44. The van der Waals surface area contributed by atoms with Crippen LogP contribution in [0, 0.1) is 0 Å². The van der Waals surface area contributed by atoms with E-state index >= 15 is 0 Å². The fraction of sp³-hybridized carbons (Fsp3) is 0.267. The molecule has 1 fully saturated rings. The number of anilines is 1. The Labute approximate surface area is 229 Å². The number of hydrogen-bond donors (Lipinski definition) is 1. The number of aliphatic hydroxyl groups is 1. The van der Waals surface area contributed by atoms with Crippen LogP contribution in [0.4, 0.5) is 18.9 Å². The minimum atomic E-state index is -4.96. The maximum atomic E-state index is 13.5. The number of nitrogens with zero attached hydrogens (tertiary/aromatic N) is 1. The zero-order valence-corrected chi connectivity index (χ0v) is 22.5. The second kappa shape index (κ2) is 10.6. The van der Waals surface area contributed by atoms with Crippen molar-refractivity contribution in [1.82, 2.24) is 0 Å². The molecule has 0 spiro atoms. The summed E-state index contributed by atoms with van der Waals surface area (Å²) in [7, 11) is 2.97. The van der Waals surface area contributed by atoms with Crippen LogP contribution in [0.5, 0.6) is 17.2 Å². The lowest BCUT2D eigenvalue weighted by Crippen LogP contribution is -2.29. The Bertz CT molecular complexity index is 1490. The van der Waals surface area contributed by atoms with Gasteiger partial charge in [-0.25, -0.2) is 0 Å². The van der Waals surface area contributed by atoms with E-state index in [1.54, 1.807) is 42.5 Å². The van der Waals surface area contributed by atoms with E-state index in [4.69, 9.17) is 9.47 Å². The van der Waals surface area contributed by atoms with Crippen molar-refractivity contribution in [1.29, 1.82) is 0 Å².